The van der Waals surface area contributed by atoms with Gasteiger partial charge in [-0.1, -0.05) is 13.0 Å². The molecule has 1 fully saturated rings. The van der Waals surface area contributed by atoms with Gasteiger partial charge in [-0.3, -0.25) is 9.59 Å². The standard InChI is InChI=1S/C20H30N2O4/c1-4-16-7-5-6-12-22(16)20(24)14-19(23)21-11-10-15-8-9-17(25-2)18(13-15)26-3/h8-9,13,16H,4-7,10-12,14H2,1-3H3,(H,21,23). The molecule has 144 valence electrons. The summed E-state index contributed by atoms with van der Waals surface area (Å²) in [5.41, 5.74) is 1.04. The second-order valence-electron chi connectivity index (χ2n) is 6.61. The van der Waals surface area contributed by atoms with Crippen molar-refractivity contribution in [3.63, 3.8) is 0 Å². The molecule has 26 heavy (non-hydrogen) atoms. The highest BCUT2D eigenvalue weighted by Gasteiger charge is 2.26. The van der Waals surface area contributed by atoms with Gasteiger partial charge in [0.25, 0.3) is 0 Å². The average Bonchev–Trinajstić information content (AvgIpc) is 2.67. The number of benzene rings is 1. The lowest BCUT2D eigenvalue weighted by Crippen LogP contribution is -2.45. The van der Waals surface area contributed by atoms with Gasteiger partial charge in [-0.25, -0.2) is 0 Å². The maximum absolute atomic E-state index is 12.4. The molecule has 1 heterocycles. The summed E-state index contributed by atoms with van der Waals surface area (Å²) in [4.78, 5) is 26.4. The predicted molar refractivity (Wildman–Crippen MR) is 101 cm³/mol. The van der Waals surface area contributed by atoms with Crippen LogP contribution in [-0.2, 0) is 16.0 Å². The van der Waals surface area contributed by atoms with E-state index in [-0.39, 0.29) is 24.3 Å². The fourth-order valence-electron chi connectivity index (χ4n) is 3.44. The number of likely N-dealkylation sites (tertiary alicyclic amines) is 1. The highest BCUT2D eigenvalue weighted by molar-refractivity contribution is 5.97. The number of nitrogens with zero attached hydrogens (tertiary/aromatic N) is 1. The molecule has 1 atom stereocenters. The zero-order valence-corrected chi connectivity index (χ0v) is 16.0. The largest absolute Gasteiger partial charge is 0.493 e. The Kier molecular flexibility index (Phi) is 7.75. The normalized spacial score (nSPS) is 16.9. The maximum atomic E-state index is 12.4. The van der Waals surface area contributed by atoms with Gasteiger partial charge in [0.2, 0.25) is 11.8 Å². The van der Waals surface area contributed by atoms with Crippen molar-refractivity contribution in [1.82, 2.24) is 10.2 Å². The number of piperidine rings is 1. The monoisotopic (exact) mass is 362 g/mol. The van der Waals surface area contributed by atoms with Crippen LogP contribution in [0.15, 0.2) is 18.2 Å². The van der Waals surface area contributed by atoms with Crippen LogP contribution in [0.5, 0.6) is 11.5 Å². The van der Waals surface area contributed by atoms with Gasteiger partial charge >= 0.3 is 0 Å². The van der Waals surface area contributed by atoms with Gasteiger partial charge in [0, 0.05) is 19.1 Å². The van der Waals surface area contributed by atoms with Crippen molar-refractivity contribution in [1.29, 1.82) is 0 Å². The minimum atomic E-state index is -0.212. The molecule has 0 aliphatic carbocycles. The highest BCUT2D eigenvalue weighted by Crippen LogP contribution is 2.27. The van der Waals surface area contributed by atoms with E-state index < -0.39 is 0 Å². The van der Waals surface area contributed by atoms with E-state index in [1.54, 1.807) is 14.2 Å². The number of methoxy groups -OCH3 is 2. The van der Waals surface area contributed by atoms with Crippen LogP contribution in [0.1, 0.15) is 44.6 Å². The number of hydrogen-bond donors (Lipinski definition) is 1. The predicted octanol–water partition coefficient (Wildman–Crippen LogP) is 2.54. The molecule has 0 saturated carbocycles. The second-order valence-corrected chi connectivity index (χ2v) is 6.61. The van der Waals surface area contributed by atoms with E-state index in [0.29, 0.717) is 24.5 Å². The molecule has 2 rings (SSSR count). The molecule has 1 aromatic carbocycles. The number of rotatable bonds is 8. The molecule has 1 N–H and O–H groups in total. The molecule has 6 nitrogen and oxygen atoms in total. The molecular weight excluding hydrogens is 332 g/mol. The van der Waals surface area contributed by atoms with Crippen LogP contribution in [0.25, 0.3) is 0 Å². The summed E-state index contributed by atoms with van der Waals surface area (Å²) >= 11 is 0. The number of ether oxygens (including phenoxy) is 2. The van der Waals surface area contributed by atoms with E-state index >= 15 is 0 Å². The Bertz CT molecular complexity index is 618. The van der Waals surface area contributed by atoms with Crippen molar-refractivity contribution in [2.45, 2.75) is 51.5 Å². The van der Waals surface area contributed by atoms with Gasteiger partial charge in [0.1, 0.15) is 6.42 Å². The Morgan fingerprint density at radius 2 is 1.96 bits per heavy atom. The number of carbonyl (C=O) groups excluding carboxylic acids is 2. The molecule has 0 spiro atoms. The van der Waals surface area contributed by atoms with E-state index in [2.05, 4.69) is 12.2 Å². The van der Waals surface area contributed by atoms with Crippen LogP contribution >= 0.6 is 0 Å². The SMILES string of the molecule is CCC1CCCCN1C(=O)CC(=O)NCCc1ccc(OC)c(OC)c1. The zero-order chi connectivity index (χ0) is 18.9. The Hall–Kier alpha value is -2.24. The molecule has 2 amide bonds. The zero-order valence-electron chi connectivity index (χ0n) is 16.0. The first-order chi connectivity index (χ1) is 12.6. The van der Waals surface area contributed by atoms with Crippen molar-refractivity contribution in [3.05, 3.63) is 23.8 Å². The van der Waals surface area contributed by atoms with Gasteiger partial charge in [0.05, 0.1) is 14.2 Å². The number of amides is 2. The van der Waals surface area contributed by atoms with Crippen LogP contribution < -0.4 is 14.8 Å². The molecule has 1 saturated heterocycles. The molecular formula is C20H30N2O4. The van der Waals surface area contributed by atoms with Crippen LogP contribution in [-0.4, -0.2) is 50.1 Å². The minimum Gasteiger partial charge on any atom is -0.493 e. The van der Waals surface area contributed by atoms with Crippen molar-refractivity contribution in [3.8, 4) is 11.5 Å². The summed E-state index contributed by atoms with van der Waals surface area (Å²) in [5, 5.41) is 2.84. The third-order valence-electron chi connectivity index (χ3n) is 4.91. The van der Waals surface area contributed by atoms with Crippen molar-refractivity contribution < 1.29 is 19.1 Å². The average molecular weight is 362 g/mol. The van der Waals surface area contributed by atoms with Gasteiger partial charge < -0.3 is 19.7 Å². The number of nitrogens with one attached hydrogen (secondary N) is 1. The summed E-state index contributed by atoms with van der Waals surface area (Å²) in [6, 6.07) is 5.98. The topological polar surface area (TPSA) is 67.9 Å². The van der Waals surface area contributed by atoms with Gasteiger partial charge in [0.15, 0.2) is 11.5 Å². The molecule has 6 heteroatoms. The van der Waals surface area contributed by atoms with Crippen LogP contribution in [0.3, 0.4) is 0 Å². The van der Waals surface area contributed by atoms with Gasteiger partial charge in [-0.2, -0.15) is 0 Å². The lowest BCUT2D eigenvalue weighted by atomic mass is 9.99. The summed E-state index contributed by atoms with van der Waals surface area (Å²) in [6.45, 7) is 3.36. The quantitative estimate of drug-likeness (QED) is 0.722. The summed E-state index contributed by atoms with van der Waals surface area (Å²) in [5.74, 6) is 1.08. The minimum absolute atomic E-state index is 0.0554. The van der Waals surface area contributed by atoms with Crippen molar-refractivity contribution in [2.24, 2.45) is 0 Å². The summed E-state index contributed by atoms with van der Waals surface area (Å²) in [7, 11) is 3.19. The molecule has 1 aliphatic rings. The Morgan fingerprint density at radius 3 is 2.65 bits per heavy atom. The van der Waals surface area contributed by atoms with Crippen LogP contribution in [0.4, 0.5) is 0 Å². The summed E-state index contributed by atoms with van der Waals surface area (Å²) < 4.78 is 10.5. The number of hydrogen-bond acceptors (Lipinski definition) is 4. The molecule has 0 radical (unpaired) electrons. The van der Waals surface area contributed by atoms with E-state index in [0.717, 1.165) is 31.4 Å². The van der Waals surface area contributed by atoms with Gasteiger partial charge in [-0.15, -0.1) is 0 Å². The fourth-order valence-corrected chi connectivity index (χ4v) is 3.44. The first kappa shape index (κ1) is 20.1. The van der Waals surface area contributed by atoms with Crippen LogP contribution in [0, 0.1) is 0 Å². The third-order valence-corrected chi connectivity index (χ3v) is 4.91. The fraction of sp³-hybridized carbons (Fsp3) is 0.600. The summed E-state index contributed by atoms with van der Waals surface area (Å²) in [6.07, 6.45) is 4.79. The van der Waals surface area contributed by atoms with E-state index in [9.17, 15) is 9.59 Å². The molecule has 0 bridgehead atoms. The first-order valence-corrected chi connectivity index (χ1v) is 9.36. The third kappa shape index (κ3) is 5.38. The lowest BCUT2D eigenvalue weighted by molar-refractivity contribution is -0.139. The first-order valence-electron chi connectivity index (χ1n) is 9.36. The van der Waals surface area contributed by atoms with Crippen molar-refractivity contribution >= 4 is 11.8 Å². The lowest BCUT2D eigenvalue weighted by Gasteiger charge is -2.35. The molecule has 0 aromatic heterocycles. The Balaban J connectivity index is 1.79. The number of carbonyl (C=O) groups is 2. The van der Waals surface area contributed by atoms with E-state index in [1.807, 2.05) is 23.1 Å². The van der Waals surface area contributed by atoms with Gasteiger partial charge in [-0.05, 0) is 49.8 Å². The molecule has 1 aromatic rings. The van der Waals surface area contributed by atoms with E-state index in [4.69, 9.17) is 9.47 Å². The molecule has 1 aliphatic heterocycles. The van der Waals surface area contributed by atoms with Crippen LogP contribution in [0.2, 0.25) is 0 Å². The highest BCUT2D eigenvalue weighted by atomic mass is 16.5. The maximum Gasteiger partial charge on any atom is 0.232 e. The smallest absolute Gasteiger partial charge is 0.232 e. The molecule has 1 unspecified atom stereocenters. The van der Waals surface area contributed by atoms with Crippen molar-refractivity contribution in [2.75, 3.05) is 27.3 Å². The Morgan fingerprint density at radius 1 is 1.19 bits per heavy atom. The second kappa shape index (κ2) is 10.0. The Labute approximate surface area is 155 Å². The van der Waals surface area contributed by atoms with E-state index in [1.165, 1.54) is 6.42 Å².